The average molecular weight is 189 g/mol. The van der Waals surface area contributed by atoms with Crippen molar-refractivity contribution in [2.75, 3.05) is 0 Å². The van der Waals surface area contributed by atoms with Crippen molar-refractivity contribution in [2.45, 2.75) is 6.10 Å². The average Bonchev–Trinajstić information content (AvgIpc) is 1.92. The molecule has 5 nitrogen and oxygen atoms in total. The van der Waals surface area contributed by atoms with E-state index in [0.717, 1.165) is 18.2 Å². The van der Waals surface area contributed by atoms with E-state index < -0.39 is 16.2 Å². The Labute approximate surface area is 69.3 Å². The maximum absolute atomic E-state index is 10.5. The Kier molecular flexibility index (Phi) is 2.14. The van der Waals surface area contributed by atoms with E-state index in [1.165, 1.54) is 0 Å². The molecule has 0 saturated heterocycles. The highest BCUT2D eigenvalue weighted by molar-refractivity contribution is 7.90. The fraction of sp³-hybridized carbons (Fsp3) is 0.167. The van der Waals surface area contributed by atoms with Crippen LogP contribution in [0, 0.1) is 5.41 Å². The van der Waals surface area contributed by atoms with Crippen LogP contribution >= 0.6 is 0 Å². The summed E-state index contributed by atoms with van der Waals surface area (Å²) in [6.07, 6.45) is 1.82. The number of nitrogens with one attached hydrogen (secondary N) is 1. The van der Waals surface area contributed by atoms with Crippen LogP contribution in [-0.2, 0) is 10.1 Å². The Morgan fingerprint density at radius 3 is 2.42 bits per heavy atom. The standard InChI is InChI=1S/C6H7NO4S/c7-5-2-1-4(3-6(5)8)12(9,10)11/h1-3,6-8H,(H,9,10,11). The van der Waals surface area contributed by atoms with Gasteiger partial charge in [-0.2, -0.15) is 8.42 Å². The van der Waals surface area contributed by atoms with Crippen LogP contribution in [0.25, 0.3) is 0 Å². The molecular formula is C6H7NO4S. The van der Waals surface area contributed by atoms with E-state index in [-0.39, 0.29) is 10.6 Å². The molecule has 1 unspecified atom stereocenters. The molecule has 0 amide bonds. The third kappa shape index (κ3) is 1.79. The van der Waals surface area contributed by atoms with Gasteiger partial charge in [-0.1, -0.05) is 0 Å². The molecule has 0 fully saturated rings. The van der Waals surface area contributed by atoms with E-state index >= 15 is 0 Å². The van der Waals surface area contributed by atoms with Crippen LogP contribution in [0.4, 0.5) is 0 Å². The van der Waals surface area contributed by atoms with Crippen molar-refractivity contribution in [3.63, 3.8) is 0 Å². The van der Waals surface area contributed by atoms with Crippen LogP contribution in [0.2, 0.25) is 0 Å². The summed E-state index contributed by atoms with van der Waals surface area (Å²) in [5.41, 5.74) is -0.109. The molecule has 0 aromatic rings. The van der Waals surface area contributed by atoms with Gasteiger partial charge in [0, 0.05) is 0 Å². The van der Waals surface area contributed by atoms with Crippen LogP contribution in [0.15, 0.2) is 23.1 Å². The van der Waals surface area contributed by atoms with Gasteiger partial charge < -0.3 is 10.5 Å². The fourth-order valence-electron chi connectivity index (χ4n) is 0.743. The van der Waals surface area contributed by atoms with Crippen molar-refractivity contribution in [3.05, 3.63) is 23.1 Å². The lowest BCUT2D eigenvalue weighted by Crippen LogP contribution is -2.19. The van der Waals surface area contributed by atoms with Crippen LogP contribution in [0.5, 0.6) is 0 Å². The van der Waals surface area contributed by atoms with E-state index in [0.29, 0.717) is 0 Å². The first kappa shape index (κ1) is 9.11. The summed E-state index contributed by atoms with van der Waals surface area (Å²) in [4.78, 5) is -0.383. The molecule has 1 aliphatic carbocycles. The SMILES string of the molecule is N=C1C=CC(S(=O)(=O)O)=CC1O. The second-order valence-electron chi connectivity index (χ2n) is 2.28. The molecule has 0 aromatic heterocycles. The van der Waals surface area contributed by atoms with Gasteiger partial charge >= 0.3 is 0 Å². The van der Waals surface area contributed by atoms with Crippen molar-refractivity contribution in [1.29, 1.82) is 5.41 Å². The van der Waals surface area contributed by atoms with Crippen molar-refractivity contribution < 1.29 is 18.1 Å². The summed E-state index contributed by atoms with van der Waals surface area (Å²) in [6.45, 7) is 0. The Morgan fingerprint density at radius 1 is 1.42 bits per heavy atom. The number of aliphatic hydroxyl groups excluding tert-OH is 1. The minimum absolute atomic E-state index is 0.109. The van der Waals surface area contributed by atoms with Crippen molar-refractivity contribution in [3.8, 4) is 0 Å². The molecule has 1 aliphatic rings. The summed E-state index contributed by atoms with van der Waals surface area (Å²) in [7, 11) is -4.26. The van der Waals surface area contributed by atoms with Gasteiger partial charge in [0.25, 0.3) is 10.1 Å². The molecule has 66 valence electrons. The van der Waals surface area contributed by atoms with Gasteiger partial charge in [-0.3, -0.25) is 4.55 Å². The molecule has 1 rings (SSSR count). The second kappa shape index (κ2) is 2.81. The lowest BCUT2D eigenvalue weighted by atomic mass is 10.1. The van der Waals surface area contributed by atoms with Crippen LogP contribution in [0.3, 0.4) is 0 Å². The number of hydrogen-bond donors (Lipinski definition) is 3. The van der Waals surface area contributed by atoms with Crippen molar-refractivity contribution in [2.24, 2.45) is 0 Å². The molecule has 0 radical (unpaired) electrons. The highest BCUT2D eigenvalue weighted by Crippen LogP contribution is 2.12. The molecule has 0 bridgehead atoms. The van der Waals surface area contributed by atoms with E-state index in [2.05, 4.69) is 0 Å². The quantitative estimate of drug-likeness (QED) is 0.493. The summed E-state index contributed by atoms with van der Waals surface area (Å²) in [5, 5.41) is 16.0. The Morgan fingerprint density at radius 2 is 2.00 bits per heavy atom. The molecular weight excluding hydrogens is 182 g/mol. The van der Waals surface area contributed by atoms with Crippen LogP contribution < -0.4 is 0 Å². The van der Waals surface area contributed by atoms with Gasteiger partial charge in [0.05, 0.1) is 10.6 Å². The van der Waals surface area contributed by atoms with Gasteiger partial charge in [-0.15, -0.1) is 0 Å². The molecule has 1 atom stereocenters. The normalized spacial score (nSPS) is 24.0. The lowest BCUT2D eigenvalue weighted by molar-refractivity contribution is 0.288. The predicted molar refractivity (Wildman–Crippen MR) is 42.5 cm³/mol. The van der Waals surface area contributed by atoms with E-state index in [1.807, 2.05) is 0 Å². The van der Waals surface area contributed by atoms with E-state index in [4.69, 9.17) is 15.1 Å². The van der Waals surface area contributed by atoms with Gasteiger partial charge in [-0.25, -0.2) is 0 Å². The number of hydrogen-bond acceptors (Lipinski definition) is 4. The molecule has 0 aliphatic heterocycles. The summed E-state index contributed by atoms with van der Waals surface area (Å²) >= 11 is 0. The summed E-state index contributed by atoms with van der Waals surface area (Å²) in [6, 6.07) is 0. The first-order valence-electron chi connectivity index (χ1n) is 3.05. The van der Waals surface area contributed by atoms with Gasteiger partial charge in [-0.05, 0) is 18.2 Å². The van der Waals surface area contributed by atoms with E-state index in [1.54, 1.807) is 0 Å². The van der Waals surface area contributed by atoms with Crippen LogP contribution in [0.1, 0.15) is 0 Å². The van der Waals surface area contributed by atoms with Crippen molar-refractivity contribution >= 4 is 15.8 Å². The fourth-order valence-corrected chi connectivity index (χ4v) is 1.28. The maximum Gasteiger partial charge on any atom is 0.294 e. The highest BCUT2D eigenvalue weighted by atomic mass is 32.2. The van der Waals surface area contributed by atoms with Gasteiger partial charge in [0.1, 0.15) is 6.10 Å². The second-order valence-corrected chi connectivity index (χ2v) is 3.70. The lowest BCUT2D eigenvalue weighted by Gasteiger charge is -2.09. The summed E-state index contributed by atoms with van der Waals surface area (Å²) < 4.78 is 29.5. The predicted octanol–water partition coefficient (Wildman–Crippen LogP) is -0.291. The zero-order chi connectivity index (χ0) is 9.35. The van der Waals surface area contributed by atoms with Gasteiger partial charge in [0.2, 0.25) is 0 Å². The van der Waals surface area contributed by atoms with Gasteiger partial charge in [0.15, 0.2) is 0 Å². The molecule has 0 spiro atoms. The topological polar surface area (TPSA) is 98.5 Å². The molecule has 0 saturated carbocycles. The zero-order valence-electron chi connectivity index (χ0n) is 5.93. The smallest absolute Gasteiger partial charge is 0.294 e. The molecule has 12 heavy (non-hydrogen) atoms. The maximum atomic E-state index is 10.5. The molecule has 6 heteroatoms. The first-order valence-corrected chi connectivity index (χ1v) is 4.49. The Bertz CT molecular complexity index is 365. The largest absolute Gasteiger partial charge is 0.383 e. The monoisotopic (exact) mass is 189 g/mol. The third-order valence-electron chi connectivity index (χ3n) is 1.37. The minimum atomic E-state index is -4.26. The number of allylic oxidation sites excluding steroid dienone is 1. The minimum Gasteiger partial charge on any atom is -0.383 e. The third-order valence-corrected chi connectivity index (χ3v) is 2.23. The zero-order valence-corrected chi connectivity index (χ0v) is 6.75. The Hall–Kier alpha value is -0.980. The molecule has 0 heterocycles. The first-order chi connectivity index (χ1) is 5.41. The molecule has 0 aromatic carbocycles. The number of aliphatic hydroxyl groups is 1. The molecule has 3 N–H and O–H groups in total. The van der Waals surface area contributed by atoms with Crippen LogP contribution in [-0.4, -0.2) is 29.9 Å². The highest BCUT2D eigenvalue weighted by Gasteiger charge is 2.18. The van der Waals surface area contributed by atoms with E-state index in [9.17, 15) is 8.42 Å². The van der Waals surface area contributed by atoms with Crippen molar-refractivity contribution in [1.82, 2.24) is 0 Å². The summed E-state index contributed by atoms with van der Waals surface area (Å²) in [5.74, 6) is 0. The number of rotatable bonds is 1. The Balaban J connectivity index is 3.07.